The molecule has 2 atom stereocenters. The van der Waals surface area contributed by atoms with Gasteiger partial charge in [0.25, 0.3) is 0 Å². The van der Waals surface area contributed by atoms with Gasteiger partial charge in [-0.1, -0.05) is 17.7 Å². The van der Waals surface area contributed by atoms with Gasteiger partial charge < -0.3 is 9.84 Å². The molecule has 0 aliphatic carbocycles. The highest BCUT2D eigenvalue weighted by atomic mass is 35.5. The van der Waals surface area contributed by atoms with Gasteiger partial charge in [-0.25, -0.2) is 0 Å². The number of pyridine rings is 1. The van der Waals surface area contributed by atoms with Crippen LogP contribution in [0.4, 0.5) is 0 Å². The van der Waals surface area contributed by atoms with Gasteiger partial charge >= 0.3 is 0 Å². The third kappa shape index (κ3) is 2.38. The molecular weight excluding hydrogens is 288 g/mol. The minimum atomic E-state index is -0.947. The molecular formula is C16H15ClN2O2. The van der Waals surface area contributed by atoms with E-state index in [1.807, 2.05) is 6.07 Å². The smallest absolute Gasteiger partial charge is 0.111 e. The number of fused-ring (bicyclic) bond motifs is 1. The Morgan fingerprint density at radius 1 is 1.43 bits per heavy atom. The first-order chi connectivity index (χ1) is 10.2. The molecule has 4 nitrogen and oxygen atoms in total. The molecule has 1 aliphatic heterocycles. The number of aliphatic hydroxyl groups excluding tert-OH is 1. The van der Waals surface area contributed by atoms with Crippen molar-refractivity contribution in [2.24, 2.45) is 5.41 Å². The summed E-state index contributed by atoms with van der Waals surface area (Å²) in [6, 6.07) is 9.40. The fraction of sp³-hybridized carbons (Fsp3) is 0.375. The lowest BCUT2D eigenvalue weighted by molar-refractivity contribution is -0.0501. The number of nitriles is 1. The second kappa shape index (κ2) is 5.61. The molecule has 0 spiro atoms. The van der Waals surface area contributed by atoms with E-state index in [0.717, 1.165) is 11.8 Å². The molecule has 1 N–H and O–H groups in total. The highest BCUT2D eigenvalue weighted by Gasteiger charge is 2.42. The number of nitrogens with zero attached hydrogens (tertiary/aromatic N) is 2. The quantitative estimate of drug-likeness (QED) is 0.925. The Morgan fingerprint density at radius 2 is 2.29 bits per heavy atom. The van der Waals surface area contributed by atoms with Gasteiger partial charge in [-0.3, -0.25) is 4.98 Å². The average Bonchev–Trinajstić information content (AvgIpc) is 2.55. The molecule has 21 heavy (non-hydrogen) atoms. The Hall–Kier alpha value is -1.67. The van der Waals surface area contributed by atoms with Crippen LogP contribution in [0.1, 0.15) is 24.5 Å². The summed E-state index contributed by atoms with van der Waals surface area (Å²) >= 11 is 6.18. The second-order valence-corrected chi connectivity index (χ2v) is 5.77. The van der Waals surface area contributed by atoms with Gasteiger partial charge in [-0.2, -0.15) is 5.26 Å². The number of aliphatic hydroxyl groups is 1. The Bertz CT molecular complexity index is 705. The maximum Gasteiger partial charge on any atom is 0.111 e. The van der Waals surface area contributed by atoms with E-state index in [9.17, 15) is 10.4 Å². The first-order valence-corrected chi connectivity index (χ1v) is 7.26. The summed E-state index contributed by atoms with van der Waals surface area (Å²) in [5.74, 6) is 0. The monoisotopic (exact) mass is 302 g/mol. The molecule has 108 valence electrons. The van der Waals surface area contributed by atoms with E-state index in [1.165, 1.54) is 0 Å². The number of aromatic nitrogens is 1. The zero-order valence-corrected chi connectivity index (χ0v) is 12.2. The first kappa shape index (κ1) is 14.3. The summed E-state index contributed by atoms with van der Waals surface area (Å²) in [4.78, 5) is 4.33. The third-order valence-corrected chi connectivity index (χ3v) is 4.39. The first-order valence-electron chi connectivity index (χ1n) is 6.88. The Labute approximate surface area is 127 Å². The number of rotatable bonds is 2. The maximum atomic E-state index is 10.8. The van der Waals surface area contributed by atoms with Crippen LogP contribution in [0.25, 0.3) is 10.9 Å². The van der Waals surface area contributed by atoms with Gasteiger partial charge in [0.05, 0.1) is 18.2 Å². The Balaban J connectivity index is 2.12. The van der Waals surface area contributed by atoms with Gasteiger partial charge in [0.15, 0.2) is 0 Å². The molecule has 5 heteroatoms. The lowest BCUT2D eigenvalue weighted by atomic mass is 9.75. The zero-order chi connectivity index (χ0) is 14.9. The summed E-state index contributed by atoms with van der Waals surface area (Å²) in [5.41, 5.74) is 0.344. The van der Waals surface area contributed by atoms with Crippen LogP contribution in [0, 0.1) is 16.7 Å². The minimum Gasteiger partial charge on any atom is -0.387 e. The van der Waals surface area contributed by atoms with E-state index >= 15 is 0 Å². The van der Waals surface area contributed by atoms with E-state index in [-0.39, 0.29) is 6.61 Å². The topological polar surface area (TPSA) is 66.1 Å². The molecule has 1 aliphatic rings. The van der Waals surface area contributed by atoms with Crippen LogP contribution in [0.2, 0.25) is 5.02 Å². The highest BCUT2D eigenvalue weighted by Crippen LogP contribution is 2.42. The predicted octanol–water partition coefficient (Wildman–Crippen LogP) is 3.24. The van der Waals surface area contributed by atoms with E-state index in [0.29, 0.717) is 29.1 Å². The van der Waals surface area contributed by atoms with Crippen LogP contribution in [0.5, 0.6) is 0 Å². The van der Waals surface area contributed by atoms with Crippen molar-refractivity contribution in [3.63, 3.8) is 0 Å². The Kier molecular flexibility index (Phi) is 3.81. The van der Waals surface area contributed by atoms with Gasteiger partial charge in [-0.15, -0.1) is 0 Å². The van der Waals surface area contributed by atoms with Gasteiger partial charge in [0.1, 0.15) is 11.5 Å². The predicted molar refractivity (Wildman–Crippen MR) is 79.8 cm³/mol. The van der Waals surface area contributed by atoms with Gasteiger partial charge in [0.2, 0.25) is 0 Å². The molecule has 2 unspecified atom stereocenters. The molecule has 1 aromatic heterocycles. The molecule has 2 heterocycles. The van der Waals surface area contributed by atoms with E-state index in [4.69, 9.17) is 16.3 Å². The van der Waals surface area contributed by atoms with Crippen molar-refractivity contribution in [1.29, 1.82) is 5.26 Å². The number of hydrogen-bond donors (Lipinski definition) is 1. The van der Waals surface area contributed by atoms with Crippen molar-refractivity contribution < 1.29 is 9.84 Å². The van der Waals surface area contributed by atoms with Crippen molar-refractivity contribution in [3.8, 4) is 6.07 Å². The largest absolute Gasteiger partial charge is 0.387 e. The highest BCUT2D eigenvalue weighted by molar-refractivity contribution is 6.35. The van der Waals surface area contributed by atoms with E-state index in [1.54, 1.807) is 24.4 Å². The summed E-state index contributed by atoms with van der Waals surface area (Å²) in [5, 5.41) is 21.7. The minimum absolute atomic E-state index is 0.238. The number of ether oxygens (including phenoxy) is 1. The third-order valence-electron chi connectivity index (χ3n) is 4.06. The standard InChI is InChI=1S/C16H15ClN2O2/c17-13-5-4-12(14-11(13)3-1-7-19-14)15(20)16(9-18)6-2-8-21-10-16/h1,3-5,7,15,20H,2,6,8,10H2. The fourth-order valence-electron chi connectivity index (χ4n) is 2.86. The molecule has 1 fully saturated rings. The van der Waals surface area contributed by atoms with E-state index in [2.05, 4.69) is 11.1 Å². The lowest BCUT2D eigenvalue weighted by Crippen LogP contribution is -2.36. The van der Waals surface area contributed by atoms with Crippen molar-refractivity contribution in [3.05, 3.63) is 41.0 Å². The summed E-state index contributed by atoms with van der Waals surface area (Å²) in [6.45, 7) is 0.872. The molecule has 0 bridgehead atoms. The van der Waals surface area contributed by atoms with Crippen LogP contribution in [0.3, 0.4) is 0 Å². The Morgan fingerprint density at radius 3 is 3.00 bits per heavy atom. The average molecular weight is 303 g/mol. The summed E-state index contributed by atoms with van der Waals surface area (Å²) in [6.07, 6.45) is 2.09. The molecule has 1 saturated heterocycles. The molecule has 0 radical (unpaired) electrons. The van der Waals surface area contributed by atoms with E-state index < -0.39 is 11.5 Å². The van der Waals surface area contributed by atoms with Crippen LogP contribution < -0.4 is 0 Å². The van der Waals surface area contributed by atoms with Crippen LogP contribution in [0.15, 0.2) is 30.5 Å². The van der Waals surface area contributed by atoms with Crippen molar-refractivity contribution in [2.45, 2.75) is 18.9 Å². The van der Waals surface area contributed by atoms with Crippen LogP contribution >= 0.6 is 11.6 Å². The summed E-state index contributed by atoms with van der Waals surface area (Å²) < 4.78 is 5.43. The van der Waals surface area contributed by atoms with Crippen LogP contribution in [-0.2, 0) is 4.74 Å². The zero-order valence-electron chi connectivity index (χ0n) is 11.4. The normalized spacial score (nSPS) is 23.7. The maximum absolute atomic E-state index is 10.8. The number of hydrogen-bond acceptors (Lipinski definition) is 4. The molecule has 1 aromatic carbocycles. The fourth-order valence-corrected chi connectivity index (χ4v) is 3.07. The van der Waals surface area contributed by atoms with Crippen molar-refractivity contribution in [1.82, 2.24) is 4.98 Å². The molecule has 2 aromatic rings. The van der Waals surface area contributed by atoms with Crippen molar-refractivity contribution >= 4 is 22.5 Å². The van der Waals surface area contributed by atoms with Crippen LogP contribution in [-0.4, -0.2) is 23.3 Å². The van der Waals surface area contributed by atoms with Gasteiger partial charge in [-0.05, 0) is 31.0 Å². The summed E-state index contributed by atoms with van der Waals surface area (Å²) in [7, 11) is 0. The SMILES string of the molecule is N#CC1(C(O)c2ccc(Cl)c3cccnc23)CCCOC1. The number of halogens is 1. The van der Waals surface area contributed by atoms with Gasteiger partial charge in [0, 0.05) is 28.8 Å². The lowest BCUT2D eigenvalue weighted by Gasteiger charge is -2.35. The second-order valence-electron chi connectivity index (χ2n) is 5.36. The number of benzene rings is 1. The van der Waals surface area contributed by atoms with Crippen molar-refractivity contribution in [2.75, 3.05) is 13.2 Å². The molecule has 0 amide bonds. The molecule has 0 saturated carbocycles. The molecule has 3 rings (SSSR count).